The molecule has 1 unspecified atom stereocenters. The number of nitrogens with one attached hydrogen (secondary N) is 1. The van der Waals surface area contributed by atoms with Gasteiger partial charge in [0.2, 0.25) is 0 Å². The van der Waals surface area contributed by atoms with Crippen molar-refractivity contribution in [2.45, 2.75) is 12.5 Å². The number of nitrogens with zero attached hydrogens (tertiary/aromatic N) is 1. The van der Waals surface area contributed by atoms with Gasteiger partial charge in [-0.15, -0.1) is 0 Å². The Kier molecular flexibility index (Phi) is 4.79. The first kappa shape index (κ1) is 13.0. The van der Waals surface area contributed by atoms with Gasteiger partial charge in [-0.05, 0) is 32.1 Å². The maximum atomic E-state index is 13.4. The second kappa shape index (κ2) is 5.89. The Hall–Kier alpha value is -1.04. The summed E-state index contributed by atoms with van der Waals surface area (Å²) in [5, 5.41) is 0. The van der Waals surface area contributed by atoms with Gasteiger partial charge in [0.15, 0.2) is 0 Å². The third kappa shape index (κ3) is 3.84. The van der Waals surface area contributed by atoms with Crippen LogP contribution in [0.25, 0.3) is 0 Å². The lowest BCUT2D eigenvalue weighted by atomic mass is 10.1. The van der Waals surface area contributed by atoms with Crippen LogP contribution in [0.1, 0.15) is 5.56 Å². The van der Waals surface area contributed by atoms with Gasteiger partial charge in [-0.3, -0.25) is 11.3 Å². The average molecular weight is 229 g/mol. The molecule has 3 nitrogen and oxygen atoms in total. The van der Waals surface area contributed by atoms with Gasteiger partial charge in [-0.1, -0.05) is 6.07 Å². The summed E-state index contributed by atoms with van der Waals surface area (Å²) in [5.74, 6) is 4.28. The number of hydrazine groups is 1. The number of benzene rings is 1. The van der Waals surface area contributed by atoms with E-state index in [1.807, 2.05) is 19.0 Å². The highest BCUT2D eigenvalue weighted by Crippen LogP contribution is 2.11. The van der Waals surface area contributed by atoms with E-state index in [0.717, 1.165) is 6.07 Å². The van der Waals surface area contributed by atoms with Crippen LogP contribution in [0.2, 0.25) is 0 Å². The molecule has 0 saturated heterocycles. The normalized spacial score (nSPS) is 13.1. The summed E-state index contributed by atoms with van der Waals surface area (Å²) in [6.07, 6.45) is 0.431. The Morgan fingerprint density at radius 3 is 2.56 bits per heavy atom. The van der Waals surface area contributed by atoms with E-state index in [-0.39, 0.29) is 6.04 Å². The van der Waals surface area contributed by atoms with Crippen molar-refractivity contribution in [1.29, 1.82) is 0 Å². The summed E-state index contributed by atoms with van der Waals surface area (Å²) in [4.78, 5) is 1.95. The molecule has 0 aliphatic carbocycles. The number of hydrogen-bond acceptors (Lipinski definition) is 3. The van der Waals surface area contributed by atoms with Gasteiger partial charge in [-0.25, -0.2) is 8.78 Å². The summed E-state index contributed by atoms with van der Waals surface area (Å²) in [7, 11) is 3.82. The largest absolute Gasteiger partial charge is 0.308 e. The summed E-state index contributed by atoms with van der Waals surface area (Å²) in [6.45, 7) is 0.688. The summed E-state index contributed by atoms with van der Waals surface area (Å²) < 4.78 is 26.1. The molecule has 0 aliphatic heterocycles. The van der Waals surface area contributed by atoms with Crippen molar-refractivity contribution < 1.29 is 8.78 Å². The molecule has 0 spiro atoms. The Morgan fingerprint density at radius 1 is 1.38 bits per heavy atom. The van der Waals surface area contributed by atoms with Crippen LogP contribution < -0.4 is 11.3 Å². The van der Waals surface area contributed by atoms with E-state index in [0.29, 0.717) is 18.5 Å². The van der Waals surface area contributed by atoms with Crippen LogP contribution in [0.4, 0.5) is 8.78 Å². The van der Waals surface area contributed by atoms with Crippen LogP contribution in [0.5, 0.6) is 0 Å². The van der Waals surface area contributed by atoms with E-state index in [2.05, 4.69) is 5.43 Å². The number of rotatable bonds is 5. The minimum absolute atomic E-state index is 0.0602. The molecule has 3 N–H and O–H groups in total. The molecule has 0 bridgehead atoms. The van der Waals surface area contributed by atoms with Crippen molar-refractivity contribution in [3.8, 4) is 0 Å². The third-order valence-corrected chi connectivity index (χ3v) is 2.30. The lowest BCUT2D eigenvalue weighted by Crippen LogP contribution is -2.43. The van der Waals surface area contributed by atoms with E-state index in [1.165, 1.54) is 12.1 Å². The van der Waals surface area contributed by atoms with Crippen molar-refractivity contribution in [3.63, 3.8) is 0 Å². The highest BCUT2D eigenvalue weighted by atomic mass is 19.1. The highest BCUT2D eigenvalue weighted by Gasteiger charge is 2.12. The molecule has 90 valence electrons. The number of halogens is 2. The Balaban J connectivity index is 2.70. The fourth-order valence-corrected chi connectivity index (χ4v) is 1.57. The first-order valence-corrected chi connectivity index (χ1v) is 5.07. The van der Waals surface area contributed by atoms with Crippen molar-refractivity contribution in [2.24, 2.45) is 5.84 Å². The SMILES string of the molecule is CN(C)CC(Cc1ccc(F)cc1F)NN. The monoisotopic (exact) mass is 229 g/mol. The number of likely N-dealkylation sites (N-methyl/N-ethyl adjacent to an activating group) is 1. The summed E-state index contributed by atoms with van der Waals surface area (Å²) in [5.41, 5.74) is 3.09. The van der Waals surface area contributed by atoms with E-state index >= 15 is 0 Å². The Bertz CT molecular complexity index is 342. The lowest BCUT2D eigenvalue weighted by molar-refractivity contribution is 0.336. The van der Waals surface area contributed by atoms with Crippen LogP contribution in [-0.4, -0.2) is 31.6 Å². The molecular weight excluding hydrogens is 212 g/mol. The smallest absolute Gasteiger partial charge is 0.129 e. The van der Waals surface area contributed by atoms with Crippen molar-refractivity contribution in [2.75, 3.05) is 20.6 Å². The minimum Gasteiger partial charge on any atom is -0.308 e. The molecule has 0 heterocycles. The topological polar surface area (TPSA) is 41.3 Å². The molecule has 16 heavy (non-hydrogen) atoms. The zero-order valence-electron chi connectivity index (χ0n) is 9.50. The molecule has 1 rings (SSSR count). The fraction of sp³-hybridized carbons (Fsp3) is 0.455. The fourth-order valence-electron chi connectivity index (χ4n) is 1.57. The second-order valence-electron chi connectivity index (χ2n) is 4.07. The first-order valence-electron chi connectivity index (χ1n) is 5.07. The molecule has 1 aromatic rings. The maximum absolute atomic E-state index is 13.4. The predicted octanol–water partition coefficient (Wildman–Crippen LogP) is 0.901. The minimum atomic E-state index is -0.564. The van der Waals surface area contributed by atoms with Gasteiger partial charge in [0.1, 0.15) is 11.6 Å². The average Bonchev–Trinajstić information content (AvgIpc) is 2.20. The van der Waals surface area contributed by atoms with E-state index in [9.17, 15) is 8.78 Å². The van der Waals surface area contributed by atoms with Crippen molar-refractivity contribution in [1.82, 2.24) is 10.3 Å². The highest BCUT2D eigenvalue weighted by molar-refractivity contribution is 5.19. The molecule has 0 radical (unpaired) electrons. The molecule has 1 aromatic carbocycles. The molecule has 0 saturated carbocycles. The van der Waals surface area contributed by atoms with Crippen LogP contribution in [0.15, 0.2) is 18.2 Å². The predicted molar refractivity (Wildman–Crippen MR) is 59.7 cm³/mol. The van der Waals surface area contributed by atoms with Gasteiger partial charge >= 0.3 is 0 Å². The third-order valence-electron chi connectivity index (χ3n) is 2.30. The molecule has 0 aromatic heterocycles. The maximum Gasteiger partial charge on any atom is 0.129 e. The first-order chi connectivity index (χ1) is 7.52. The van der Waals surface area contributed by atoms with Gasteiger partial charge < -0.3 is 4.90 Å². The van der Waals surface area contributed by atoms with Crippen molar-refractivity contribution >= 4 is 0 Å². The summed E-state index contributed by atoms with van der Waals surface area (Å²) >= 11 is 0. The standard InChI is InChI=1S/C11H17F2N3/c1-16(2)7-10(15-14)5-8-3-4-9(12)6-11(8)13/h3-4,6,10,15H,5,7,14H2,1-2H3. The second-order valence-corrected chi connectivity index (χ2v) is 4.07. The molecule has 0 fully saturated rings. The quantitative estimate of drug-likeness (QED) is 0.582. The van der Waals surface area contributed by atoms with Gasteiger partial charge in [0.05, 0.1) is 0 Å². The van der Waals surface area contributed by atoms with E-state index in [1.54, 1.807) is 0 Å². The molecule has 0 aliphatic rings. The van der Waals surface area contributed by atoms with Crippen LogP contribution in [0, 0.1) is 11.6 Å². The van der Waals surface area contributed by atoms with Crippen LogP contribution in [-0.2, 0) is 6.42 Å². The van der Waals surface area contributed by atoms with Gasteiger partial charge in [0, 0.05) is 18.7 Å². The molecule has 1 atom stereocenters. The molecule has 5 heteroatoms. The molecule has 0 amide bonds. The zero-order chi connectivity index (χ0) is 12.1. The van der Waals surface area contributed by atoms with Gasteiger partial charge in [-0.2, -0.15) is 0 Å². The Morgan fingerprint density at radius 2 is 2.06 bits per heavy atom. The van der Waals surface area contributed by atoms with Crippen LogP contribution >= 0.6 is 0 Å². The zero-order valence-corrected chi connectivity index (χ0v) is 9.50. The molecular formula is C11H17F2N3. The van der Waals surface area contributed by atoms with E-state index in [4.69, 9.17) is 5.84 Å². The van der Waals surface area contributed by atoms with Crippen molar-refractivity contribution in [3.05, 3.63) is 35.4 Å². The van der Waals surface area contributed by atoms with E-state index < -0.39 is 11.6 Å². The van der Waals surface area contributed by atoms with Crippen LogP contribution in [0.3, 0.4) is 0 Å². The van der Waals surface area contributed by atoms with Gasteiger partial charge in [0.25, 0.3) is 0 Å². The number of hydrogen-bond donors (Lipinski definition) is 2. The summed E-state index contributed by atoms with van der Waals surface area (Å²) in [6, 6.07) is 3.53. The Labute approximate surface area is 94.2 Å². The number of nitrogens with two attached hydrogens (primary N) is 1. The lowest BCUT2D eigenvalue weighted by Gasteiger charge is -2.20.